The Bertz CT molecular complexity index is 733. The fraction of sp³-hybridized carbons (Fsp3) is 0. The number of thiophene rings is 1. The second kappa shape index (κ2) is 5.11. The largest absolute Gasteiger partial charge is 0.396 e. The van der Waals surface area contributed by atoms with Gasteiger partial charge in [-0.3, -0.25) is 0 Å². The van der Waals surface area contributed by atoms with Crippen LogP contribution in [0.4, 0.5) is 5.69 Å². The van der Waals surface area contributed by atoms with Crippen molar-refractivity contribution in [2.45, 2.75) is 0 Å². The van der Waals surface area contributed by atoms with E-state index in [0.717, 1.165) is 25.2 Å². The summed E-state index contributed by atoms with van der Waals surface area (Å²) in [5.41, 5.74) is 8.51. The Balaban J connectivity index is 2.10. The molecule has 19 heavy (non-hydrogen) atoms. The molecule has 2 N–H and O–H groups in total. The number of aromatic nitrogens is 2. The Hall–Kier alpha value is -1.11. The minimum Gasteiger partial charge on any atom is -0.396 e. The molecule has 3 aromatic rings. The third-order valence-electron chi connectivity index (χ3n) is 2.64. The minimum absolute atomic E-state index is 0.671. The van der Waals surface area contributed by atoms with E-state index in [9.17, 15) is 0 Å². The monoisotopic (exact) mass is 397 g/mol. The lowest BCUT2D eigenvalue weighted by Gasteiger charge is -2.02. The van der Waals surface area contributed by atoms with Crippen LogP contribution in [0.25, 0.3) is 16.3 Å². The van der Waals surface area contributed by atoms with E-state index in [1.54, 1.807) is 16.0 Å². The fourth-order valence-electron chi connectivity index (χ4n) is 1.78. The van der Waals surface area contributed by atoms with E-state index in [0.29, 0.717) is 5.69 Å². The van der Waals surface area contributed by atoms with Crippen molar-refractivity contribution in [2.24, 2.45) is 0 Å². The molecule has 3 nitrogen and oxygen atoms in total. The minimum atomic E-state index is 0.671. The average Bonchev–Trinajstić information content (AvgIpc) is 2.96. The molecule has 0 fully saturated rings. The van der Waals surface area contributed by atoms with Crippen molar-refractivity contribution in [3.05, 3.63) is 50.9 Å². The second-order valence-electron chi connectivity index (χ2n) is 3.96. The van der Waals surface area contributed by atoms with Gasteiger partial charge in [0.2, 0.25) is 0 Å². The molecule has 96 valence electrons. The maximum Gasteiger partial charge on any atom is 0.126 e. The molecule has 0 amide bonds. The third kappa shape index (κ3) is 2.48. The van der Waals surface area contributed by atoms with Gasteiger partial charge in [-0.1, -0.05) is 12.1 Å². The summed E-state index contributed by atoms with van der Waals surface area (Å²) in [7, 11) is 0. The molecule has 0 aliphatic heterocycles. The van der Waals surface area contributed by atoms with Gasteiger partial charge in [0.15, 0.2) is 0 Å². The van der Waals surface area contributed by atoms with E-state index in [-0.39, 0.29) is 0 Å². The lowest BCUT2D eigenvalue weighted by Crippen LogP contribution is -1.95. The molecule has 0 atom stereocenters. The zero-order valence-corrected chi connectivity index (χ0v) is 13.7. The summed E-state index contributed by atoms with van der Waals surface area (Å²) < 4.78 is 3.82. The first-order valence-corrected chi connectivity index (χ1v) is 7.96. The van der Waals surface area contributed by atoms with Crippen LogP contribution in [0.5, 0.6) is 0 Å². The molecule has 2 heterocycles. The molecule has 0 spiro atoms. The van der Waals surface area contributed by atoms with Crippen molar-refractivity contribution in [2.75, 3.05) is 5.73 Å². The number of benzene rings is 1. The van der Waals surface area contributed by atoms with E-state index in [1.807, 2.05) is 41.9 Å². The van der Waals surface area contributed by atoms with Crippen molar-refractivity contribution >= 4 is 48.9 Å². The third-order valence-corrected chi connectivity index (χ3v) is 5.01. The highest BCUT2D eigenvalue weighted by Crippen LogP contribution is 2.33. The van der Waals surface area contributed by atoms with Crippen molar-refractivity contribution in [3.8, 4) is 16.3 Å². The van der Waals surface area contributed by atoms with Crippen LogP contribution in [-0.2, 0) is 0 Å². The predicted octanol–water partition coefficient (Wildman–Crippen LogP) is 4.71. The number of nitrogens with two attached hydrogens (primary N) is 1. The van der Waals surface area contributed by atoms with Crippen LogP contribution >= 0.6 is 43.2 Å². The quantitative estimate of drug-likeness (QED) is 0.679. The van der Waals surface area contributed by atoms with Gasteiger partial charge < -0.3 is 5.73 Å². The number of halogens is 2. The van der Waals surface area contributed by atoms with E-state index in [1.165, 1.54) is 0 Å². The Morgan fingerprint density at radius 1 is 1.21 bits per heavy atom. The van der Waals surface area contributed by atoms with Crippen LogP contribution in [-0.4, -0.2) is 9.78 Å². The average molecular weight is 399 g/mol. The van der Waals surface area contributed by atoms with Gasteiger partial charge in [0.05, 0.1) is 22.4 Å². The van der Waals surface area contributed by atoms with Gasteiger partial charge in [-0.15, -0.1) is 11.3 Å². The van der Waals surface area contributed by atoms with Crippen LogP contribution in [0, 0.1) is 0 Å². The Kier molecular flexibility index (Phi) is 3.47. The highest BCUT2D eigenvalue weighted by molar-refractivity contribution is 9.10. The standard InChI is InChI=1S/C13H9Br2N3S/c14-8-5-12(19-7-8)13-10(16)6-18(17-13)11-4-2-1-3-9(11)15/h1-7H,16H2. The SMILES string of the molecule is Nc1cn(-c2ccccc2Br)nc1-c1cc(Br)cs1. The first-order valence-electron chi connectivity index (χ1n) is 5.49. The summed E-state index contributed by atoms with van der Waals surface area (Å²) >= 11 is 8.58. The summed E-state index contributed by atoms with van der Waals surface area (Å²) in [6.07, 6.45) is 1.84. The number of anilines is 1. The van der Waals surface area contributed by atoms with Gasteiger partial charge in [0.25, 0.3) is 0 Å². The summed E-state index contributed by atoms with van der Waals surface area (Å²) in [5, 5.41) is 6.60. The van der Waals surface area contributed by atoms with Crippen molar-refractivity contribution in [3.63, 3.8) is 0 Å². The predicted molar refractivity (Wildman–Crippen MR) is 86.7 cm³/mol. The Labute approximate surface area is 131 Å². The van der Waals surface area contributed by atoms with Crippen molar-refractivity contribution < 1.29 is 0 Å². The van der Waals surface area contributed by atoms with Gasteiger partial charge in [-0.2, -0.15) is 5.10 Å². The van der Waals surface area contributed by atoms with Gasteiger partial charge >= 0.3 is 0 Å². The molecule has 6 heteroatoms. The lowest BCUT2D eigenvalue weighted by atomic mass is 10.3. The molecule has 0 saturated carbocycles. The number of hydrogen-bond donors (Lipinski definition) is 1. The van der Waals surface area contributed by atoms with Crippen LogP contribution < -0.4 is 5.73 Å². The van der Waals surface area contributed by atoms with E-state index >= 15 is 0 Å². The van der Waals surface area contributed by atoms with E-state index in [2.05, 4.69) is 37.0 Å². The first-order chi connectivity index (χ1) is 9.15. The normalized spacial score (nSPS) is 10.8. The van der Waals surface area contributed by atoms with Gasteiger partial charge in [0.1, 0.15) is 5.69 Å². The lowest BCUT2D eigenvalue weighted by molar-refractivity contribution is 0.881. The molecule has 0 saturated heterocycles. The van der Waals surface area contributed by atoms with Crippen LogP contribution in [0.15, 0.2) is 50.9 Å². The summed E-state index contributed by atoms with van der Waals surface area (Å²) in [5.74, 6) is 0. The van der Waals surface area contributed by atoms with Crippen LogP contribution in [0.3, 0.4) is 0 Å². The second-order valence-corrected chi connectivity index (χ2v) is 6.64. The maximum atomic E-state index is 6.06. The zero-order chi connectivity index (χ0) is 13.4. The van der Waals surface area contributed by atoms with Crippen LogP contribution in [0.2, 0.25) is 0 Å². The van der Waals surface area contributed by atoms with Crippen LogP contribution in [0.1, 0.15) is 0 Å². The molecule has 0 bridgehead atoms. The van der Waals surface area contributed by atoms with Gasteiger partial charge in [-0.25, -0.2) is 4.68 Å². The summed E-state index contributed by atoms with van der Waals surface area (Å²) in [6.45, 7) is 0. The van der Waals surface area contributed by atoms with Crippen molar-refractivity contribution in [1.29, 1.82) is 0 Å². The first kappa shape index (κ1) is 12.9. The van der Waals surface area contributed by atoms with E-state index in [4.69, 9.17) is 5.73 Å². The fourth-order valence-corrected chi connectivity index (χ4v) is 3.68. The summed E-state index contributed by atoms with van der Waals surface area (Å²) in [4.78, 5) is 1.05. The highest BCUT2D eigenvalue weighted by Gasteiger charge is 2.12. The Morgan fingerprint density at radius 2 is 2.00 bits per heavy atom. The van der Waals surface area contributed by atoms with E-state index < -0.39 is 0 Å². The number of para-hydroxylation sites is 1. The molecule has 1 aromatic carbocycles. The number of nitrogens with zero attached hydrogens (tertiary/aromatic N) is 2. The maximum absolute atomic E-state index is 6.06. The molecule has 0 unspecified atom stereocenters. The number of hydrogen-bond acceptors (Lipinski definition) is 3. The molecule has 0 aliphatic carbocycles. The smallest absolute Gasteiger partial charge is 0.126 e. The molecule has 2 aromatic heterocycles. The molecule has 0 aliphatic rings. The van der Waals surface area contributed by atoms with Gasteiger partial charge in [-0.05, 0) is 50.1 Å². The number of rotatable bonds is 2. The topological polar surface area (TPSA) is 43.8 Å². The summed E-state index contributed by atoms with van der Waals surface area (Å²) in [6, 6.07) is 9.93. The van der Waals surface area contributed by atoms with Gasteiger partial charge in [0, 0.05) is 14.3 Å². The molecule has 0 radical (unpaired) electrons. The van der Waals surface area contributed by atoms with Crippen molar-refractivity contribution in [1.82, 2.24) is 9.78 Å². The zero-order valence-electron chi connectivity index (χ0n) is 9.68. The highest BCUT2D eigenvalue weighted by atomic mass is 79.9. The Morgan fingerprint density at radius 3 is 2.68 bits per heavy atom. The molecular weight excluding hydrogens is 390 g/mol. The molecular formula is C13H9Br2N3S. The molecule has 3 rings (SSSR count). The number of nitrogen functional groups attached to an aromatic ring is 1.